The number of rotatable bonds is 3. The van der Waals surface area contributed by atoms with Crippen LogP contribution in [-0.2, 0) is 13.6 Å². The van der Waals surface area contributed by atoms with E-state index in [1.165, 1.54) is 0 Å². The van der Waals surface area contributed by atoms with Crippen molar-refractivity contribution >= 4 is 11.6 Å². The van der Waals surface area contributed by atoms with E-state index in [1.54, 1.807) is 4.68 Å². The molecule has 0 saturated carbocycles. The van der Waals surface area contributed by atoms with Crippen LogP contribution in [0.2, 0.25) is 5.15 Å². The van der Waals surface area contributed by atoms with Gasteiger partial charge in [-0.15, -0.1) is 0 Å². The van der Waals surface area contributed by atoms with Crippen LogP contribution in [0.15, 0.2) is 0 Å². The highest BCUT2D eigenvalue weighted by molar-refractivity contribution is 6.30. The molecule has 1 aliphatic rings. The zero-order valence-corrected chi connectivity index (χ0v) is 12.1. The van der Waals surface area contributed by atoms with Crippen molar-refractivity contribution in [3.63, 3.8) is 0 Å². The molecule has 1 saturated heterocycles. The maximum atomic E-state index is 9.53. The number of nitrogens with zero attached hydrogens (tertiary/aromatic N) is 3. The van der Waals surface area contributed by atoms with Crippen LogP contribution in [0.1, 0.15) is 43.9 Å². The average Bonchev–Trinajstić information content (AvgIpc) is 2.60. The molecule has 2 heterocycles. The highest BCUT2D eigenvalue weighted by Crippen LogP contribution is 2.27. The predicted octanol–water partition coefficient (Wildman–Crippen LogP) is 2.15. The standard InChI is InChI=1S/C13H22ClN3O/c1-9(2)12-11(13(14)16(3)15-12)8-17-6-4-10(18)5-7-17/h9-10,18H,4-8H2,1-3H3. The molecule has 0 unspecified atom stereocenters. The van der Waals surface area contributed by atoms with Crippen LogP contribution < -0.4 is 0 Å². The second kappa shape index (κ2) is 5.59. The summed E-state index contributed by atoms with van der Waals surface area (Å²) >= 11 is 6.33. The number of hydrogen-bond acceptors (Lipinski definition) is 3. The summed E-state index contributed by atoms with van der Waals surface area (Å²) in [7, 11) is 1.89. The van der Waals surface area contributed by atoms with Crippen LogP contribution in [0, 0.1) is 0 Å². The van der Waals surface area contributed by atoms with Gasteiger partial charge in [-0.25, -0.2) is 0 Å². The molecule has 2 rings (SSSR count). The molecule has 4 nitrogen and oxygen atoms in total. The molecule has 18 heavy (non-hydrogen) atoms. The van der Waals surface area contributed by atoms with Gasteiger partial charge in [-0.05, 0) is 18.8 Å². The SMILES string of the molecule is CC(C)c1nn(C)c(Cl)c1CN1CCC(O)CC1. The molecule has 0 aromatic carbocycles. The maximum absolute atomic E-state index is 9.53. The van der Waals surface area contributed by atoms with Gasteiger partial charge in [-0.2, -0.15) is 5.10 Å². The lowest BCUT2D eigenvalue weighted by Gasteiger charge is -2.29. The van der Waals surface area contributed by atoms with E-state index in [0.717, 1.165) is 48.9 Å². The van der Waals surface area contributed by atoms with E-state index in [9.17, 15) is 5.11 Å². The van der Waals surface area contributed by atoms with Crippen LogP contribution in [0.25, 0.3) is 0 Å². The fourth-order valence-electron chi connectivity index (χ4n) is 2.48. The Morgan fingerprint density at radius 1 is 1.39 bits per heavy atom. The van der Waals surface area contributed by atoms with Gasteiger partial charge in [-0.1, -0.05) is 25.4 Å². The summed E-state index contributed by atoms with van der Waals surface area (Å²) in [6.07, 6.45) is 1.58. The number of aliphatic hydroxyl groups excluding tert-OH is 1. The summed E-state index contributed by atoms with van der Waals surface area (Å²) < 4.78 is 1.75. The third kappa shape index (κ3) is 2.87. The number of hydrogen-bond donors (Lipinski definition) is 1. The molecule has 102 valence electrons. The number of aromatic nitrogens is 2. The van der Waals surface area contributed by atoms with E-state index in [4.69, 9.17) is 11.6 Å². The fraction of sp³-hybridized carbons (Fsp3) is 0.769. The van der Waals surface area contributed by atoms with Gasteiger partial charge in [0.05, 0.1) is 11.8 Å². The highest BCUT2D eigenvalue weighted by atomic mass is 35.5. The quantitative estimate of drug-likeness (QED) is 0.916. The summed E-state index contributed by atoms with van der Waals surface area (Å²) in [5.41, 5.74) is 2.24. The van der Waals surface area contributed by atoms with Gasteiger partial charge in [0.1, 0.15) is 5.15 Å². The van der Waals surface area contributed by atoms with Crippen molar-refractivity contribution in [2.45, 2.75) is 45.3 Å². The zero-order valence-electron chi connectivity index (χ0n) is 11.4. The van der Waals surface area contributed by atoms with Crippen LogP contribution in [0.5, 0.6) is 0 Å². The first kappa shape index (κ1) is 13.8. The van der Waals surface area contributed by atoms with Gasteiger partial charge in [-0.3, -0.25) is 9.58 Å². The minimum Gasteiger partial charge on any atom is -0.393 e. The monoisotopic (exact) mass is 271 g/mol. The second-order valence-electron chi connectivity index (χ2n) is 5.44. The number of aryl methyl sites for hydroxylation is 1. The molecular formula is C13H22ClN3O. The first-order valence-electron chi connectivity index (χ1n) is 6.60. The zero-order chi connectivity index (χ0) is 13.3. The normalized spacial score (nSPS) is 18.8. The maximum Gasteiger partial charge on any atom is 0.131 e. The van der Waals surface area contributed by atoms with E-state index in [1.807, 2.05) is 7.05 Å². The van der Waals surface area contributed by atoms with Gasteiger partial charge >= 0.3 is 0 Å². The Morgan fingerprint density at radius 2 is 2.00 bits per heavy atom. The van der Waals surface area contributed by atoms with E-state index in [0.29, 0.717) is 5.92 Å². The van der Waals surface area contributed by atoms with Crippen molar-refractivity contribution in [2.24, 2.45) is 7.05 Å². The molecule has 0 aliphatic carbocycles. The van der Waals surface area contributed by atoms with Crippen molar-refractivity contribution < 1.29 is 5.11 Å². The van der Waals surface area contributed by atoms with Crippen molar-refractivity contribution in [3.05, 3.63) is 16.4 Å². The molecular weight excluding hydrogens is 250 g/mol. The molecule has 1 aromatic rings. The van der Waals surface area contributed by atoms with Crippen LogP contribution in [0.3, 0.4) is 0 Å². The van der Waals surface area contributed by atoms with Crippen LogP contribution in [-0.4, -0.2) is 39.0 Å². The van der Waals surface area contributed by atoms with Crippen molar-refractivity contribution in [3.8, 4) is 0 Å². The third-order valence-corrected chi connectivity index (χ3v) is 4.06. The molecule has 0 atom stereocenters. The first-order valence-corrected chi connectivity index (χ1v) is 6.98. The lowest BCUT2D eigenvalue weighted by atomic mass is 10.0. The van der Waals surface area contributed by atoms with Gasteiger partial charge in [0, 0.05) is 32.2 Å². The highest BCUT2D eigenvalue weighted by Gasteiger charge is 2.22. The summed E-state index contributed by atoms with van der Waals surface area (Å²) in [5.74, 6) is 0.383. The predicted molar refractivity (Wildman–Crippen MR) is 72.8 cm³/mol. The largest absolute Gasteiger partial charge is 0.393 e. The minimum atomic E-state index is -0.129. The molecule has 0 bridgehead atoms. The fourth-order valence-corrected chi connectivity index (χ4v) is 2.67. The molecule has 5 heteroatoms. The Kier molecular flexibility index (Phi) is 4.30. The Morgan fingerprint density at radius 3 is 2.56 bits per heavy atom. The number of halogens is 1. The van der Waals surface area contributed by atoms with Gasteiger partial charge in [0.25, 0.3) is 0 Å². The van der Waals surface area contributed by atoms with E-state index in [2.05, 4.69) is 23.8 Å². The lowest BCUT2D eigenvalue weighted by molar-refractivity contribution is 0.0791. The summed E-state index contributed by atoms with van der Waals surface area (Å²) in [4.78, 5) is 2.35. The second-order valence-corrected chi connectivity index (χ2v) is 5.80. The number of piperidine rings is 1. The van der Waals surface area contributed by atoms with Crippen LogP contribution in [0.4, 0.5) is 0 Å². The number of aliphatic hydroxyl groups is 1. The average molecular weight is 272 g/mol. The Balaban J connectivity index is 2.13. The smallest absolute Gasteiger partial charge is 0.131 e. The molecule has 0 spiro atoms. The van der Waals surface area contributed by atoms with Crippen molar-refractivity contribution in [2.75, 3.05) is 13.1 Å². The first-order chi connectivity index (χ1) is 8.49. The van der Waals surface area contributed by atoms with Crippen molar-refractivity contribution in [1.29, 1.82) is 0 Å². The van der Waals surface area contributed by atoms with Gasteiger partial charge in [0.15, 0.2) is 0 Å². The minimum absolute atomic E-state index is 0.129. The van der Waals surface area contributed by atoms with Gasteiger partial charge < -0.3 is 5.11 Å². The molecule has 1 aliphatic heterocycles. The lowest BCUT2D eigenvalue weighted by Crippen LogP contribution is -2.35. The van der Waals surface area contributed by atoms with E-state index in [-0.39, 0.29) is 6.10 Å². The topological polar surface area (TPSA) is 41.3 Å². The summed E-state index contributed by atoms with van der Waals surface area (Å²) in [6, 6.07) is 0. The Hall–Kier alpha value is -0.580. The van der Waals surface area contributed by atoms with Crippen molar-refractivity contribution in [1.82, 2.24) is 14.7 Å². The Labute approximate surface area is 114 Å². The Bertz CT molecular complexity index is 409. The molecule has 1 N–H and O–H groups in total. The third-order valence-electron chi connectivity index (χ3n) is 3.59. The summed E-state index contributed by atoms with van der Waals surface area (Å²) in [6.45, 7) is 6.99. The van der Waals surface area contributed by atoms with Gasteiger partial charge in [0.2, 0.25) is 0 Å². The molecule has 1 fully saturated rings. The number of likely N-dealkylation sites (tertiary alicyclic amines) is 1. The summed E-state index contributed by atoms with van der Waals surface area (Å²) in [5, 5.41) is 14.8. The van der Waals surface area contributed by atoms with Crippen LogP contribution >= 0.6 is 11.6 Å². The molecule has 1 aromatic heterocycles. The van der Waals surface area contributed by atoms with E-state index >= 15 is 0 Å². The molecule has 0 radical (unpaired) electrons. The molecule has 0 amide bonds. The van der Waals surface area contributed by atoms with E-state index < -0.39 is 0 Å².